The highest BCUT2D eigenvalue weighted by atomic mass is 35.5. The Balaban J connectivity index is 2.82. The van der Waals surface area contributed by atoms with E-state index >= 15 is 0 Å². The Kier molecular flexibility index (Phi) is 1.97. The van der Waals surface area contributed by atoms with Crippen molar-refractivity contribution in [3.8, 4) is 0 Å². The van der Waals surface area contributed by atoms with E-state index in [2.05, 4.69) is 16.9 Å². The van der Waals surface area contributed by atoms with E-state index in [1.165, 1.54) is 0 Å². The highest BCUT2D eigenvalue weighted by molar-refractivity contribution is 6.21. The first-order valence-corrected chi connectivity index (χ1v) is 3.23. The monoisotopic (exact) mass is 157 g/mol. The lowest BCUT2D eigenvalue weighted by molar-refractivity contribution is 0.742. The van der Waals surface area contributed by atoms with E-state index in [-0.39, 0.29) is 0 Å². The molecule has 1 rings (SSSR count). The fourth-order valence-corrected chi connectivity index (χ4v) is 0.801. The van der Waals surface area contributed by atoms with Gasteiger partial charge in [0.1, 0.15) is 5.82 Å². The minimum atomic E-state index is -0.441. The molecule has 1 atom stereocenters. The number of allylic oxidation sites excluding steroid dienone is 2. The van der Waals surface area contributed by atoms with Crippen LogP contribution >= 0.6 is 11.6 Å². The van der Waals surface area contributed by atoms with Crippen LogP contribution in [0.15, 0.2) is 29.0 Å². The van der Waals surface area contributed by atoms with Crippen molar-refractivity contribution in [1.82, 2.24) is 5.32 Å². The largest absolute Gasteiger partial charge is 0.385 e. The molecule has 0 fully saturated rings. The average Bonchev–Trinajstić information content (AvgIpc) is 1.88. The Hall–Kier alpha value is -0.960. The first-order valence-electron chi connectivity index (χ1n) is 2.80. The van der Waals surface area contributed by atoms with Gasteiger partial charge in [-0.25, -0.2) is 0 Å². The number of nitrogens with one attached hydrogen (secondary N) is 1. The van der Waals surface area contributed by atoms with Crippen molar-refractivity contribution in [2.45, 2.75) is 5.62 Å². The first kappa shape index (κ1) is 7.15. The summed E-state index contributed by atoms with van der Waals surface area (Å²) in [6, 6.07) is 0. The quantitative estimate of drug-likeness (QED) is 0.431. The van der Waals surface area contributed by atoms with E-state index in [4.69, 9.17) is 17.3 Å². The van der Waals surface area contributed by atoms with Gasteiger partial charge in [0.15, 0.2) is 5.62 Å². The molecular formula is C6H8ClN3. The molecule has 0 saturated carbocycles. The van der Waals surface area contributed by atoms with Crippen LogP contribution in [-0.2, 0) is 0 Å². The number of nitrogens with zero attached hydrogens (tertiary/aromatic N) is 1. The minimum Gasteiger partial charge on any atom is -0.385 e. The summed E-state index contributed by atoms with van der Waals surface area (Å²) in [7, 11) is 0. The van der Waals surface area contributed by atoms with Gasteiger partial charge in [0.2, 0.25) is 0 Å². The molecule has 1 aliphatic heterocycles. The molecule has 0 aliphatic carbocycles. The van der Waals surface area contributed by atoms with Gasteiger partial charge in [-0.15, -0.1) is 0 Å². The van der Waals surface area contributed by atoms with Crippen molar-refractivity contribution in [3.05, 3.63) is 24.0 Å². The summed E-state index contributed by atoms with van der Waals surface area (Å²) in [6.07, 6.45) is 3.21. The van der Waals surface area contributed by atoms with Gasteiger partial charge in [0, 0.05) is 11.8 Å². The summed E-state index contributed by atoms with van der Waals surface area (Å²) >= 11 is 5.58. The Morgan fingerprint density at radius 3 is 3.10 bits per heavy atom. The summed E-state index contributed by atoms with van der Waals surface area (Å²) in [5, 5.41) is 2.73. The third kappa shape index (κ3) is 1.30. The molecule has 0 amide bonds. The normalized spacial score (nSPS) is 24.3. The minimum absolute atomic E-state index is 0.441. The maximum Gasteiger partial charge on any atom is 0.196 e. The SMILES string of the molecule is C=CC1=C(N)NC(Cl)N=C1. The molecule has 4 heteroatoms. The molecule has 0 saturated heterocycles. The molecule has 54 valence electrons. The maximum atomic E-state index is 5.58. The smallest absolute Gasteiger partial charge is 0.196 e. The summed E-state index contributed by atoms with van der Waals surface area (Å²) in [6.45, 7) is 3.55. The van der Waals surface area contributed by atoms with Gasteiger partial charge < -0.3 is 11.1 Å². The van der Waals surface area contributed by atoms with Crippen LogP contribution in [0.3, 0.4) is 0 Å². The molecule has 0 aromatic rings. The average molecular weight is 158 g/mol. The lowest BCUT2D eigenvalue weighted by atomic mass is 10.3. The summed E-state index contributed by atoms with van der Waals surface area (Å²) in [5.74, 6) is 0.519. The fraction of sp³-hybridized carbons (Fsp3) is 0.167. The van der Waals surface area contributed by atoms with Gasteiger partial charge in [0.25, 0.3) is 0 Å². The molecule has 1 unspecified atom stereocenters. The van der Waals surface area contributed by atoms with E-state index < -0.39 is 5.62 Å². The highest BCUT2D eigenvalue weighted by Gasteiger charge is 2.07. The Morgan fingerprint density at radius 2 is 2.60 bits per heavy atom. The number of nitrogens with two attached hydrogens (primary N) is 1. The predicted molar refractivity (Wildman–Crippen MR) is 42.7 cm³/mol. The van der Waals surface area contributed by atoms with Crippen LogP contribution in [0, 0.1) is 0 Å². The first-order chi connectivity index (χ1) is 4.74. The molecule has 10 heavy (non-hydrogen) atoms. The maximum absolute atomic E-state index is 5.58. The molecule has 3 nitrogen and oxygen atoms in total. The Morgan fingerprint density at radius 1 is 1.90 bits per heavy atom. The molecule has 0 bridgehead atoms. The van der Waals surface area contributed by atoms with E-state index in [1.54, 1.807) is 12.3 Å². The van der Waals surface area contributed by atoms with Crippen LogP contribution in [0.5, 0.6) is 0 Å². The number of hydrogen-bond acceptors (Lipinski definition) is 3. The summed E-state index contributed by atoms with van der Waals surface area (Å²) in [4.78, 5) is 3.85. The third-order valence-corrected chi connectivity index (χ3v) is 1.37. The van der Waals surface area contributed by atoms with Crippen molar-refractivity contribution < 1.29 is 0 Å². The predicted octanol–water partition coefficient (Wildman–Crippen LogP) is 0.539. The molecule has 0 aromatic carbocycles. The second-order valence-electron chi connectivity index (χ2n) is 1.83. The standard InChI is InChI=1S/C6H8ClN3/c1-2-4-3-9-6(7)10-5(4)8/h2-3,6,10H,1,8H2. The van der Waals surface area contributed by atoms with Gasteiger partial charge in [-0.2, -0.15) is 0 Å². The van der Waals surface area contributed by atoms with Gasteiger partial charge in [0.05, 0.1) is 0 Å². The van der Waals surface area contributed by atoms with Crippen LogP contribution in [0.4, 0.5) is 0 Å². The van der Waals surface area contributed by atoms with Crippen molar-refractivity contribution in [2.75, 3.05) is 0 Å². The zero-order valence-corrected chi connectivity index (χ0v) is 6.10. The third-order valence-electron chi connectivity index (χ3n) is 1.15. The van der Waals surface area contributed by atoms with Crippen LogP contribution < -0.4 is 11.1 Å². The van der Waals surface area contributed by atoms with Crippen molar-refractivity contribution in [3.63, 3.8) is 0 Å². The van der Waals surface area contributed by atoms with Gasteiger partial charge in [-0.1, -0.05) is 24.3 Å². The summed E-state index contributed by atoms with van der Waals surface area (Å²) < 4.78 is 0. The highest BCUT2D eigenvalue weighted by Crippen LogP contribution is 2.05. The zero-order valence-electron chi connectivity index (χ0n) is 5.34. The van der Waals surface area contributed by atoms with Gasteiger partial charge in [-0.05, 0) is 0 Å². The van der Waals surface area contributed by atoms with E-state index in [0.717, 1.165) is 5.57 Å². The molecule has 0 radical (unpaired) electrons. The molecular weight excluding hydrogens is 150 g/mol. The Labute approximate surface area is 64.3 Å². The number of hydrogen-bond donors (Lipinski definition) is 2. The topological polar surface area (TPSA) is 50.4 Å². The fourth-order valence-electron chi connectivity index (χ4n) is 0.627. The van der Waals surface area contributed by atoms with Crippen LogP contribution in [0.25, 0.3) is 0 Å². The van der Waals surface area contributed by atoms with E-state index in [1.807, 2.05) is 0 Å². The molecule has 0 aromatic heterocycles. The van der Waals surface area contributed by atoms with Crippen molar-refractivity contribution in [2.24, 2.45) is 10.7 Å². The van der Waals surface area contributed by atoms with Gasteiger partial charge in [-0.3, -0.25) is 4.99 Å². The zero-order chi connectivity index (χ0) is 7.56. The van der Waals surface area contributed by atoms with Crippen LogP contribution in [0.1, 0.15) is 0 Å². The molecule has 3 N–H and O–H groups in total. The molecule has 0 spiro atoms. The van der Waals surface area contributed by atoms with Crippen molar-refractivity contribution >= 4 is 17.8 Å². The van der Waals surface area contributed by atoms with Gasteiger partial charge >= 0.3 is 0 Å². The second-order valence-corrected chi connectivity index (χ2v) is 2.24. The second kappa shape index (κ2) is 2.75. The number of halogens is 1. The van der Waals surface area contributed by atoms with E-state index in [9.17, 15) is 0 Å². The van der Waals surface area contributed by atoms with Crippen LogP contribution in [-0.4, -0.2) is 11.8 Å². The number of alkyl halides is 1. The lowest BCUT2D eigenvalue weighted by Gasteiger charge is -2.14. The Bertz CT molecular complexity index is 207. The molecule has 1 heterocycles. The van der Waals surface area contributed by atoms with E-state index in [0.29, 0.717) is 5.82 Å². The summed E-state index contributed by atoms with van der Waals surface area (Å²) in [5.41, 5.74) is 5.84. The lowest BCUT2D eigenvalue weighted by Crippen LogP contribution is -2.31. The number of rotatable bonds is 1. The number of aliphatic imine (C=N–C) groups is 1. The molecule has 1 aliphatic rings. The van der Waals surface area contributed by atoms with Crippen LogP contribution in [0.2, 0.25) is 0 Å². The van der Waals surface area contributed by atoms with Crippen molar-refractivity contribution in [1.29, 1.82) is 0 Å².